The van der Waals surface area contributed by atoms with Gasteiger partial charge in [-0.15, -0.1) is 0 Å². The zero-order valence-electron chi connectivity index (χ0n) is 10.4. The number of methoxy groups -OCH3 is 1. The van der Waals surface area contributed by atoms with Gasteiger partial charge < -0.3 is 9.30 Å². The van der Waals surface area contributed by atoms with Crippen LogP contribution < -0.4 is 0 Å². The van der Waals surface area contributed by atoms with E-state index in [0.29, 0.717) is 12.6 Å². The molecule has 96 valence electrons. The second-order valence-corrected chi connectivity index (χ2v) is 4.16. The molecular weight excluding hydrogens is 245 g/mol. The Kier molecular flexibility index (Phi) is 2.97. The first kappa shape index (κ1) is 11.8. The van der Waals surface area contributed by atoms with E-state index in [1.165, 1.54) is 12.1 Å². The van der Waals surface area contributed by atoms with E-state index >= 15 is 0 Å². The average molecular weight is 257 g/mol. The Morgan fingerprint density at radius 2 is 2.11 bits per heavy atom. The summed E-state index contributed by atoms with van der Waals surface area (Å²) in [6, 6.07) is 6.42. The van der Waals surface area contributed by atoms with Gasteiger partial charge in [-0.3, -0.25) is 4.98 Å². The summed E-state index contributed by atoms with van der Waals surface area (Å²) in [5, 5.41) is 1.67. The molecule has 19 heavy (non-hydrogen) atoms. The topological polar surface area (TPSA) is 39.9 Å². The van der Waals surface area contributed by atoms with Crippen LogP contribution in [-0.2, 0) is 11.5 Å². The molecule has 0 bridgehead atoms. The Morgan fingerprint density at radius 3 is 2.95 bits per heavy atom. The number of hydrogen-bond donors (Lipinski definition) is 0. The molecule has 3 aromatic rings. The minimum Gasteiger partial charge on any atom is -0.364 e. The van der Waals surface area contributed by atoms with Crippen LogP contribution in [-0.4, -0.2) is 21.6 Å². The van der Waals surface area contributed by atoms with E-state index < -0.39 is 0 Å². The van der Waals surface area contributed by atoms with Gasteiger partial charge in [-0.05, 0) is 29.7 Å². The number of imidazole rings is 1. The SMILES string of the molecule is COCn1ccnc1-c1nccc2cc(F)ccc12. The van der Waals surface area contributed by atoms with E-state index in [1.807, 2.05) is 10.8 Å². The van der Waals surface area contributed by atoms with Gasteiger partial charge in [-0.2, -0.15) is 0 Å². The van der Waals surface area contributed by atoms with Gasteiger partial charge in [0.05, 0.1) is 0 Å². The standard InChI is InChI=1S/C14H12FN3O/c1-19-9-18-7-6-17-14(18)13-12-3-2-11(15)8-10(12)4-5-16-13/h2-8H,9H2,1H3. The number of benzene rings is 1. The lowest BCUT2D eigenvalue weighted by atomic mass is 10.1. The molecule has 4 nitrogen and oxygen atoms in total. The molecule has 0 aliphatic heterocycles. The van der Waals surface area contributed by atoms with Crippen LogP contribution in [0.25, 0.3) is 22.3 Å². The highest BCUT2D eigenvalue weighted by atomic mass is 19.1. The van der Waals surface area contributed by atoms with Crippen LogP contribution in [0, 0.1) is 5.82 Å². The monoisotopic (exact) mass is 257 g/mol. The second-order valence-electron chi connectivity index (χ2n) is 4.16. The first-order valence-corrected chi connectivity index (χ1v) is 5.84. The quantitative estimate of drug-likeness (QED) is 0.724. The van der Waals surface area contributed by atoms with Crippen molar-refractivity contribution in [2.75, 3.05) is 7.11 Å². The van der Waals surface area contributed by atoms with Crippen LogP contribution in [0.4, 0.5) is 4.39 Å². The summed E-state index contributed by atoms with van der Waals surface area (Å²) in [4.78, 5) is 8.66. The third kappa shape index (κ3) is 2.08. The third-order valence-electron chi connectivity index (χ3n) is 2.92. The number of hydrogen-bond acceptors (Lipinski definition) is 3. The molecule has 2 aromatic heterocycles. The lowest BCUT2D eigenvalue weighted by molar-refractivity contribution is 0.132. The van der Waals surface area contributed by atoms with E-state index in [9.17, 15) is 4.39 Å². The van der Waals surface area contributed by atoms with Crippen LogP contribution in [0.1, 0.15) is 0 Å². The van der Waals surface area contributed by atoms with E-state index in [0.717, 1.165) is 16.5 Å². The largest absolute Gasteiger partial charge is 0.364 e. The van der Waals surface area contributed by atoms with Crippen LogP contribution in [0.15, 0.2) is 42.9 Å². The van der Waals surface area contributed by atoms with E-state index in [1.54, 1.807) is 31.6 Å². The molecule has 0 unspecified atom stereocenters. The molecule has 0 atom stereocenters. The van der Waals surface area contributed by atoms with Crippen LogP contribution >= 0.6 is 0 Å². The van der Waals surface area contributed by atoms with E-state index in [4.69, 9.17) is 4.74 Å². The number of fused-ring (bicyclic) bond motifs is 1. The molecule has 0 radical (unpaired) electrons. The maximum atomic E-state index is 13.2. The molecule has 0 amide bonds. The zero-order valence-corrected chi connectivity index (χ0v) is 10.4. The number of halogens is 1. The van der Waals surface area contributed by atoms with Crippen LogP contribution in [0.2, 0.25) is 0 Å². The predicted octanol–water partition coefficient (Wildman–Crippen LogP) is 2.84. The lowest BCUT2D eigenvalue weighted by Crippen LogP contribution is -2.02. The van der Waals surface area contributed by atoms with Gasteiger partial charge in [0.1, 0.15) is 18.2 Å². The van der Waals surface area contributed by atoms with Crippen molar-refractivity contribution in [3.8, 4) is 11.5 Å². The molecule has 0 fully saturated rings. The van der Waals surface area contributed by atoms with Crippen LogP contribution in [0.3, 0.4) is 0 Å². The Labute approximate surface area is 109 Å². The molecule has 0 aliphatic rings. The molecule has 0 spiro atoms. The number of pyridine rings is 1. The second kappa shape index (κ2) is 4.78. The summed E-state index contributed by atoms with van der Waals surface area (Å²) in [6.45, 7) is 0.397. The summed E-state index contributed by atoms with van der Waals surface area (Å²) >= 11 is 0. The number of nitrogens with zero attached hydrogens (tertiary/aromatic N) is 3. The minimum atomic E-state index is -0.259. The Morgan fingerprint density at radius 1 is 1.21 bits per heavy atom. The predicted molar refractivity (Wildman–Crippen MR) is 69.9 cm³/mol. The number of ether oxygens (including phenoxy) is 1. The highest BCUT2D eigenvalue weighted by Gasteiger charge is 2.11. The van der Waals surface area contributed by atoms with Crippen molar-refractivity contribution in [1.29, 1.82) is 0 Å². The smallest absolute Gasteiger partial charge is 0.161 e. The molecule has 3 rings (SSSR count). The Hall–Kier alpha value is -2.27. The van der Waals surface area contributed by atoms with Crippen LogP contribution in [0.5, 0.6) is 0 Å². The molecule has 5 heteroatoms. The van der Waals surface area contributed by atoms with Crippen molar-refractivity contribution in [2.24, 2.45) is 0 Å². The normalized spacial score (nSPS) is 11.1. The molecular formula is C14H12FN3O. The first-order chi connectivity index (χ1) is 9.29. The van der Waals surface area contributed by atoms with Gasteiger partial charge in [0, 0.05) is 31.1 Å². The van der Waals surface area contributed by atoms with Crippen molar-refractivity contribution in [2.45, 2.75) is 6.73 Å². The summed E-state index contributed by atoms with van der Waals surface area (Å²) < 4.78 is 20.2. The van der Waals surface area contributed by atoms with Gasteiger partial charge in [0.25, 0.3) is 0 Å². The van der Waals surface area contributed by atoms with Gasteiger partial charge in [-0.25, -0.2) is 9.37 Å². The third-order valence-corrected chi connectivity index (χ3v) is 2.92. The highest BCUT2D eigenvalue weighted by Crippen LogP contribution is 2.25. The fraction of sp³-hybridized carbons (Fsp3) is 0.143. The fourth-order valence-corrected chi connectivity index (χ4v) is 2.10. The van der Waals surface area contributed by atoms with Gasteiger partial charge in [0.2, 0.25) is 0 Å². The summed E-state index contributed by atoms with van der Waals surface area (Å²) in [5.41, 5.74) is 0.722. The molecule has 0 aliphatic carbocycles. The van der Waals surface area contributed by atoms with Gasteiger partial charge in [0.15, 0.2) is 5.82 Å². The lowest BCUT2D eigenvalue weighted by Gasteiger charge is -2.08. The number of rotatable bonds is 3. The fourth-order valence-electron chi connectivity index (χ4n) is 2.10. The Balaban J connectivity index is 2.22. The Bertz CT molecular complexity index is 724. The first-order valence-electron chi connectivity index (χ1n) is 5.84. The molecule has 2 heterocycles. The van der Waals surface area contributed by atoms with Gasteiger partial charge in [-0.1, -0.05) is 0 Å². The number of aromatic nitrogens is 3. The molecule has 0 N–H and O–H groups in total. The minimum absolute atomic E-state index is 0.259. The van der Waals surface area contributed by atoms with Crippen molar-refractivity contribution >= 4 is 10.8 Å². The van der Waals surface area contributed by atoms with E-state index in [-0.39, 0.29) is 5.82 Å². The van der Waals surface area contributed by atoms with Crippen molar-refractivity contribution in [1.82, 2.24) is 14.5 Å². The average Bonchev–Trinajstić information content (AvgIpc) is 2.86. The maximum absolute atomic E-state index is 13.2. The molecule has 0 saturated heterocycles. The summed E-state index contributed by atoms with van der Waals surface area (Å²) in [5.74, 6) is 0.448. The van der Waals surface area contributed by atoms with Crippen molar-refractivity contribution < 1.29 is 9.13 Å². The summed E-state index contributed by atoms with van der Waals surface area (Å²) in [7, 11) is 1.62. The van der Waals surface area contributed by atoms with Crippen molar-refractivity contribution in [3.05, 3.63) is 48.7 Å². The molecule has 0 saturated carbocycles. The molecule has 1 aromatic carbocycles. The zero-order chi connectivity index (χ0) is 13.2. The van der Waals surface area contributed by atoms with Crippen molar-refractivity contribution in [3.63, 3.8) is 0 Å². The van der Waals surface area contributed by atoms with Gasteiger partial charge >= 0.3 is 0 Å². The highest BCUT2D eigenvalue weighted by molar-refractivity contribution is 5.92. The summed E-state index contributed by atoms with van der Waals surface area (Å²) in [6.07, 6.45) is 5.17. The maximum Gasteiger partial charge on any atom is 0.161 e. The van der Waals surface area contributed by atoms with E-state index in [2.05, 4.69) is 9.97 Å².